The summed E-state index contributed by atoms with van der Waals surface area (Å²) in [5.74, 6) is 1.17. The fourth-order valence-electron chi connectivity index (χ4n) is 2.27. The van der Waals surface area contributed by atoms with Gasteiger partial charge in [0.25, 0.3) is 0 Å². The van der Waals surface area contributed by atoms with Gasteiger partial charge in [0.05, 0.1) is 11.6 Å². The maximum Gasteiger partial charge on any atom is 0.237 e. The number of benzene rings is 1. The van der Waals surface area contributed by atoms with E-state index in [4.69, 9.17) is 9.47 Å². The molecule has 0 fully saturated rings. The summed E-state index contributed by atoms with van der Waals surface area (Å²) in [7, 11) is 0. The number of anilines is 1. The molecule has 1 amide bonds. The number of hydrogen-bond donors (Lipinski definition) is 2. The van der Waals surface area contributed by atoms with Crippen LogP contribution in [-0.2, 0) is 4.79 Å². The monoisotopic (exact) mass is 343 g/mol. The van der Waals surface area contributed by atoms with Crippen molar-refractivity contribution in [2.24, 2.45) is 0 Å². The van der Waals surface area contributed by atoms with Crippen molar-refractivity contribution in [3.8, 4) is 11.5 Å². The zero-order valence-corrected chi connectivity index (χ0v) is 13.5. The first-order valence-corrected chi connectivity index (χ1v) is 8.10. The van der Waals surface area contributed by atoms with Crippen molar-refractivity contribution < 1.29 is 14.3 Å². The van der Waals surface area contributed by atoms with Gasteiger partial charge in [-0.05, 0) is 19.1 Å². The second kappa shape index (κ2) is 6.00. The molecular weight excluding hydrogens is 330 g/mol. The number of hydrogen-bond acceptors (Lipinski definition) is 7. The smallest absolute Gasteiger partial charge is 0.237 e. The molecule has 1 unspecified atom stereocenters. The molecule has 0 bridgehead atoms. The Bertz CT molecular complexity index is 913. The van der Waals surface area contributed by atoms with E-state index >= 15 is 0 Å². The minimum Gasteiger partial charge on any atom is -0.454 e. The van der Waals surface area contributed by atoms with Crippen LogP contribution >= 0.6 is 11.8 Å². The summed E-state index contributed by atoms with van der Waals surface area (Å²) in [6.45, 7) is 2.02. The summed E-state index contributed by atoms with van der Waals surface area (Å²) in [6.07, 6.45) is 2.99. The van der Waals surface area contributed by atoms with Crippen LogP contribution in [0.4, 0.5) is 5.69 Å². The van der Waals surface area contributed by atoms with E-state index in [0.29, 0.717) is 27.9 Å². The van der Waals surface area contributed by atoms with E-state index in [1.165, 1.54) is 18.1 Å². The fourth-order valence-corrected chi connectivity index (χ4v) is 3.15. The predicted molar refractivity (Wildman–Crippen MR) is 88.2 cm³/mol. The molecule has 8 nitrogen and oxygen atoms in total. The van der Waals surface area contributed by atoms with Crippen LogP contribution in [0.15, 0.2) is 35.9 Å². The number of aromatic amines is 1. The Morgan fingerprint density at radius 1 is 1.29 bits per heavy atom. The van der Waals surface area contributed by atoms with Gasteiger partial charge < -0.3 is 19.8 Å². The molecule has 24 heavy (non-hydrogen) atoms. The number of amides is 1. The van der Waals surface area contributed by atoms with E-state index in [-0.39, 0.29) is 18.0 Å². The average Bonchev–Trinajstić information content (AvgIpc) is 3.23. The van der Waals surface area contributed by atoms with Gasteiger partial charge in [-0.2, -0.15) is 0 Å². The van der Waals surface area contributed by atoms with Crippen LogP contribution in [0.5, 0.6) is 11.5 Å². The largest absolute Gasteiger partial charge is 0.454 e. The van der Waals surface area contributed by atoms with Gasteiger partial charge in [0.1, 0.15) is 16.9 Å². The molecule has 4 rings (SSSR count). The molecule has 1 atom stereocenters. The quantitative estimate of drug-likeness (QED) is 0.553. The molecule has 3 heterocycles. The number of aromatic nitrogens is 4. The van der Waals surface area contributed by atoms with Crippen LogP contribution in [0.1, 0.15) is 6.92 Å². The first kappa shape index (κ1) is 14.8. The molecule has 0 radical (unpaired) electrons. The van der Waals surface area contributed by atoms with Crippen molar-refractivity contribution in [3.63, 3.8) is 0 Å². The van der Waals surface area contributed by atoms with Crippen molar-refractivity contribution >= 4 is 34.5 Å². The molecule has 0 aliphatic carbocycles. The molecular formula is C15H13N5O3S. The number of carbonyl (C=O) groups is 1. The second-order valence-corrected chi connectivity index (χ2v) is 6.43. The van der Waals surface area contributed by atoms with E-state index in [1.54, 1.807) is 24.5 Å². The van der Waals surface area contributed by atoms with E-state index in [2.05, 4.69) is 25.3 Å². The number of nitrogens with zero attached hydrogens (tertiary/aromatic N) is 3. The van der Waals surface area contributed by atoms with Crippen LogP contribution in [0.2, 0.25) is 0 Å². The number of thioether (sulfide) groups is 1. The third kappa shape index (κ3) is 2.73. The van der Waals surface area contributed by atoms with Gasteiger partial charge in [-0.15, -0.1) is 0 Å². The lowest BCUT2D eigenvalue weighted by molar-refractivity contribution is -0.115. The zero-order chi connectivity index (χ0) is 16.5. The molecule has 2 aromatic heterocycles. The van der Waals surface area contributed by atoms with Gasteiger partial charge in [-0.1, -0.05) is 11.8 Å². The normalized spacial score (nSPS) is 13.9. The van der Waals surface area contributed by atoms with Crippen molar-refractivity contribution in [1.29, 1.82) is 0 Å². The molecule has 1 aliphatic heterocycles. The molecule has 0 saturated heterocycles. The third-order valence-electron chi connectivity index (χ3n) is 3.49. The lowest BCUT2D eigenvalue weighted by Gasteiger charge is -2.12. The summed E-state index contributed by atoms with van der Waals surface area (Å²) in [5.41, 5.74) is 1.96. The van der Waals surface area contributed by atoms with Crippen LogP contribution < -0.4 is 14.8 Å². The Labute approximate surface area is 141 Å². The molecule has 0 spiro atoms. The Kier molecular flexibility index (Phi) is 3.69. The number of nitrogens with one attached hydrogen (secondary N) is 2. The topological polar surface area (TPSA) is 102 Å². The Hall–Kier alpha value is -2.81. The summed E-state index contributed by atoms with van der Waals surface area (Å²) >= 11 is 1.34. The minimum atomic E-state index is -0.350. The Balaban J connectivity index is 1.47. The highest BCUT2D eigenvalue weighted by Gasteiger charge is 2.19. The van der Waals surface area contributed by atoms with Crippen molar-refractivity contribution in [2.75, 3.05) is 12.1 Å². The molecule has 2 N–H and O–H groups in total. The highest BCUT2D eigenvalue weighted by molar-refractivity contribution is 8.00. The summed E-state index contributed by atoms with van der Waals surface area (Å²) < 4.78 is 10.6. The number of imidazole rings is 1. The number of ether oxygens (including phenoxy) is 2. The SMILES string of the molecule is CC(Sc1ncnc2nc[nH]c12)C(=O)Nc1ccc2c(c1)OCO2. The number of carbonyl (C=O) groups excluding carboxylic acids is 1. The van der Waals surface area contributed by atoms with Crippen molar-refractivity contribution in [3.05, 3.63) is 30.9 Å². The number of rotatable bonds is 4. The zero-order valence-electron chi connectivity index (χ0n) is 12.6. The van der Waals surface area contributed by atoms with E-state index < -0.39 is 0 Å². The molecule has 1 aromatic carbocycles. The van der Waals surface area contributed by atoms with Crippen molar-refractivity contribution in [1.82, 2.24) is 19.9 Å². The molecule has 0 saturated carbocycles. The maximum absolute atomic E-state index is 12.4. The summed E-state index contributed by atoms with van der Waals surface area (Å²) in [6, 6.07) is 5.30. The predicted octanol–water partition coefficient (Wildman–Crippen LogP) is 2.20. The van der Waals surface area contributed by atoms with Gasteiger partial charge in [0, 0.05) is 11.8 Å². The van der Waals surface area contributed by atoms with Crippen molar-refractivity contribution in [2.45, 2.75) is 17.2 Å². The first-order chi connectivity index (χ1) is 11.7. The van der Waals surface area contributed by atoms with Gasteiger partial charge in [-0.25, -0.2) is 15.0 Å². The fraction of sp³-hybridized carbons (Fsp3) is 0.200. The highest BCUT2D eigenvalue weighted by Crippen LogP contribution is 2.34. The lowest BCUT2D eigenvalue weighted by atomic mass is 10.2. The Morgan fingerprint density at radius 3 is 3.08 bits per heavy atom. The van der Waals surface area contributed by atoms with Crippen LogP contribution in [-0.4, -0.2) is 37.9 Å². The molecule has 122 valence electrons. The van der Waals surface area contributed by atoms with Crippen LogP contribution in [0, 0.1) is 0 Å². The van der Waals surface area contributed by atoms with Crippen LogP contribution in [0.25, 0.3) is 11.2 Å². The highest BCUT2D eigenvalue weighted by atomic mass is 32.2. The van der Waals surface area contributed by atoms with E-state index in [9.17, 15) is 4.79 Å². The Morgan fingerprint density at radius 2 is 2.17 bits per heavy atom. The third-order valence-corrected chi connectivity index (χ3v) is 4.59. The molecule has 9 heteroatoms. The molecule has 1 aliphatic rings. The summed E-state index contributed by atoms with van der Waals surface area (Å²) in [4.78, 5) is 27.8. The summed E-state index contributed by atoms with van der Waals surface area (Å²) in [5, 5.41) is 3.20. The lowest BCUT2D eigenvalue weighted by Crippen LogP contribution is -2.22. The van der Waals surface area contributed by atoms with Gasteiger partial charge >= 0.3 is 0 Å². The van der Waals surface area contributed by atoms with Gasteiger partial charge in [-0.3, -0.25) is 4.79 Å². The number of H-pyrrole nitrogens is 1. The van der Waals surface area contributed by atoms with Crippen LogP contribution in [0.3, 0.4) is 0 Å². The maximum atomic E-state index is 12.4. The standard InChI is InChI=1S/C15H13N5O3S/c1-8(24-15-12-13(17-5-16-12)18-6-19-15)14(21)20-9-2-3-10-11(4-9)23-7-22-10/h2-6,8H,7H2,1H3,(H,20,21)(H,16,17,18,19). The van der Waals surface area contributed by atoms with Gasteiger partial charge in [0.2, 0.25) is 12.7 Å². The average molecular weight is 343 g/mol. The first-order valence-electron chi connectivity index (χ1n) is 7.22. The van der Waals surface area contributed by atoms with E-state index in [0.717, 1.165) is 5.52 Å². The number of fused-ring (bicyclic) bond motifs is 2. The minimum absolute atomic E-state index is 0.134. The second-order valence-electron chi connectivity index (χ2n) is 5.10. The van der Waals surface area contributed by atoms with E-state index in [1.807, 2.05) is 6.92 Å². The molecule has 3 aromatic rings. The van der Waals surface area contributed by atoms with Gasteiger partial charge in [0.15, 0.2) is 17.1 Å².